The molecule has 0 radical (unpaired) electrons. The molecule has 1 heterocycles. The van der Waals surface area contributed by atoms with Gasteiger partial charge in [-0.15, -0.1) is 0 Å². The van der Waals surface area contributed by atoms with E-state index in [0.717, 1.165) is 26.2 Å². The van der Waals surface area contributed by atoms with Crippen molar-refractivity contribution in [3.8, 4) is 0 Å². The quantitative estimate of drug-likeness (QED) is 0.676. The second-order valence-electron chi connectivity index (χ2n) is 4.77. The molecule has 0 amide bonds. The molecule has 0 saturated carbocycles. The first kappa shape index (κ1) is 11.2. The van der Waals surface area contributed by atoms with E-state index in [0.29, 0.717) is 0 Å². The van der Waals surface area contributed by atoms with Crippen LogP contribution in [0.5, 0.6) is 0 Å². The minimum absolute atomic E-state index is 0.273. The van der Waals surface area contributed by atoms with E-state index in [1.54, 1.807) is 6.20 Å². The maximum Gasteiger partial charge on any atom is 0.0945 e. The van der Waals surface area contributed by atoms with Crippen LogP contribution in [0.1, 0.15) is 27.2 Å². The topological polar surface area (TPSA) is 27.1 Å². The average molecular weight is 196 g/mol. The van der Waals surface area contributed by atoms with Crippen LogP contribution >= 0.6 is 0 Å². The van der Waals surface area contributed by atoms with Crippen molar-refractivity contribution in [1.82, 2.24) is 9.55 Å². The number of ether oxygens (including phenoxy) is 1. The molecule has 0 fully saturated rings. The Morgan fingerprint density at radius 2 is 2.14 bits per heavy atom. The van der Waals surface area contributed by atoms with Crippen molar-refractivity contribution in [3.05, 3.63) is 18.7 Å². The first-order valence-electron chi connectivity index (χ1n) is 5.11. The van der Waals surface area contributed by atoms with Gasteiger partial charge in [0.15, 0.2) is 0 Å². The van der Waals surface area contributed by atoms with Crippen LogP contribution in [-0.2, 0) is 11.3 Å². The Hall–Kier alpha value is -0.830. The average Bonchev–Trinajstić information content (AvgIpc) is 2.54. The summed E-state index contributed by atoms with van der Waals surface area (Å²) in [5.74, 6) is 0. The highest BCUT2D eigenvalue weighted by molar-refractivity contribution is 4.73. The Labute approximate surface area is 86.1 Å². The first-order chi connectivity index (χ1) is 6.58. The molecule has 0 aliphatic heterocycles. The van der Waals surface area contributed by atoms with Crippen LogP contribution in [0.4, 0.5) is 0 Å². The van der Waals surface area contributed by atoms with Crippen molar-refractivity contribution in [1.29, 1.82) is 0 Å². The predicted molar refractivity (Wildman–Crippen MR) is 57.1 cm³/mol. The van der Waals surface area contributed by atoms with Gasteiger partial charge in [-0.3, -0.25) is 0 Å². The lowest BCUT2D eigenvalue weighted by atomic mass is 9.99. The zero-order chi connectivity index (χ0) is 10.4. The van der Waals surface area contributed by atoms with Gasteiger partial charge in [-0.1, -0.05) is 20.8 Å². The molecular weight excluding hydrogens is 176 g/mol. The van der Waals surface area contributed by atoms with Crippen LogP contribution in [0.15, 0.2) is 18.7 Å². The van der Waals surface area contributed by atoms with Crippen LogP contribution in [0, 0.1) is 5.41 Å². The van der Waals surface area contributed by atoms with Gasteiger partial charge in [0.05, 0.1) is 12.9 Å². The zero-order valence-corrected chi connectivity index (χ0v) is 9.36. The van der Waals surface area contributed by atoms with Crippen LogP contribution in [-0.4, -0.2) is 22.8 Å². The molecular formula is C11H20N2O. The molecule has 0 aliphatic rings. The lowest BCUT2D eigenvalue weighted by molar-refractivity contribution is 0.0679. The Kier molecular flexibility index (Phi) is 4.14. The molecule has 3 heteroatoms. The molecule has 1 rings (SSSR count). The largest absolute Gasteiger partial charge is 0.381 e. The van der Waals surface area contributed by atoms with Gasteiger partial charge in [0, 0.05) is 25.5 Å². The number of rotatable bonds is 5. The maximum atomic E-state index is 5.56. The number of aryl methyl sites for hydroxylation is 1. The standard InChI is InChI=1S/C11H20N2O/c1-11(2,3)9-14-8-4-6-13-7-5-12-10-13/h5,7,10H,4,6,8-9H2,1-3H3. The summed E-state index contributed by atoms with van der Waals surface area (Å²) < 4.78 is 7.63. The number of hydrogen-bond acceptors (Lipinski definition) is 2. The van der Waals surface area contributed by atoms with Crippen molar-refractivity contribution in [2.24, 2.45) is 5.41 Å². The third kappa shape index (κ3) is 5.02. The molecule has 0 spiro atoms. The van der Waals surface area contributed by atoms with Crippen molar-refractivity contribution < 1.29 is 4.74 Å². The van der Waals surface area contributed by atoms with Gasteiger partial charge in [-0.2, -0.15) is 0 Å². The summed E-state index contributed by atoms with van der Waals surface area (Å²) in [6.07, 6.45) is 6.66. The summed E-state index contributed by atoms with van der Waals surface area (Å²) in [6.45, 7) is 9.20. The molecule has 1 aromatic heterocycles. The summed E-state index contributed by atoms with van der Waals surface area (Å²) in [5.41, 5.74) is 0.273. The Morgan fingerprint density at radius 3 is 2.71 bits per heavy atom. The van der Waals surface area contributed by atoms with Crippen molar-refractivity contribution in [2.45, 2.75) is 33.7 Å². The highest BCUT2D eigenvalue weighted by atomic mass is 16.5. The van der Waals surface area contributed by atoms with Crippen LogP contribution in [0.2, 0.25) is 0 Å². The van der Waals surface area contributed by atoms with E-state index in [-0.39, 0.29) is 5.41 Å². The van der Waals surface area contributed by atoms with Crippen LogP contribution in [0.25, 0.3) is 0 Å². The van der Waals surface area contributed by atoms with E-state index in [9.17, 15) is 0 Å². The molecule has 80 valence electrons. The molecule has 14 heavy (non-hydrogen) atoms. The van der Waals surface area contributed by atoms with Gasteiger partial charge in [0.2, 0.25) is 0 Å². The molecule has 0 aliphatic carbocycles. The normalized spacial score (nSPS) is 11.9. The lowest BCUT2D eigenvalue weighted by Gasteiger charge is -2.17. The smallest absolute Gasteiger partial charge is 0.0945 e. The lowest BCUT2D eigenvalue weighted by Crippen LogP contribution is -2.15. The fourth-order valence-electron chi connectivity index (χ4n) is 1.15. The van der Waals surface area contributed by atoms with Crippen LogP contribution in [0.3, 0.4) is 0 Å². The second kappa shape index (κ2) is 5.15. The van der Waals surface area contributed by atoms with E-state index < -0.39 is 0 Å². The van der Waals surface area contributed by atoms with Crippen molar-refractivity contribution in [3.63, 3.8) is 0 Å². The molecule has 0 unspecified atom stereocenters. The van der Waals surface area contributed by atoms with Gasteiger partial charge in [-0.25, -0.2) is 4.98 Å². The van der Waals surface area contributed by atoms with Crippen LogP contribution < -0.4 is 0 Å². The number of imidazole rings is 1. The Bertz CT molecular complexity index is 236. The second-order valence-corrected chi connectivity index (χ2v) is 4.77. The summed E-state index contributed by atoms with van der Waals surface area (Å²) in [4.78, 5) is 3.98. The summed E-state index contributed by atoms with van der Waals surface area (Å²) in [7, 11) is 0. The van der Waals surface area contributed by atoms with E-state index in [1.165, 1.54) is 0 Å². The van der Waals surface area contributed by atoms with Gasteiger partial charge in [0.1, 0.15) is 0 Å². The van der Waals surface area contributed by atoms with E-state index in [4.69, 9.17) is 4.74 Å². The third-order valence-corrected chi connectivity index (χ3v) is 1.80. The first-order valence-corrected chi connectivity index (χ1v) is 5.11. The van der Waals surface area contributed by atoms with Crippen molar-refractivity contribution in [2.75, 3.05) is 13.2 Å². The molecule has 3 nitrogen and oxygen atoms in total. The van der Waals surface area contributed by atoms with Gasteiger partial charge < -0.3 is 9.30 Å². The SMILES string of the molecule is CC(C)(C)COCCCn1ccnc1. The van der Waals surface area contributed by atoms with E-state index in [1.807, 2.05) is 12.5 Å². The third-order valence-electron chi connectivity index (χ3n) is 1.80. The molecule has 0 N–H and O–H groups in total. The fourth-order valence-corrected chi connectivity index (χ4v) is 1.15. The van der Waals surface area contributed by atoms with Gasteiger partial charge in [0.25, 0.3) is 0 Å². The zero-order valence-electron chi connectivity index (χ0n) is 9.36. The maximum absolute atomic E-state index is 5.56. The summed E-state index contributed by atoms with van der Waals surface area (Å²) in [5, 5.41) is 0. The molecule has 0 aromatic carbocycles. The highest BCUT2D eigenvalue weighted by Crippen LogP contribution is 2.12. The van der Waals surface area contributed by atoms with E-state index >= 15 is 0 Å². The van der Waals surface area contributed by atoms with Gasteiger partial charge >= 0.3 is 0 Å². The number of aromatic nitrogens is 2. The Morgan fingerprint density at radius 1 is 1.36 bits per heavy atom. The highest BCUT2D eigenvalue weighted by Gasteiger charge is 2.09. The minimum atomic E-state index is 0.273. The fraction of sp³-hybridized carbons (Fsp3) is 0.727. The number of nitrogens with zero attached hydrogens (tertiary/aromatic N) is 2. The van der Waals surface area contributed by atoms with Crippen molar-refractivity contribution >= 4 is 0 Å². The summed E-state index contributed by atoms with van der Waals surface area (Å²) in [6, 6.07) is 0. The predicted octanol–water partition coefficient (Wildman–Crippen LogP) is 2.34. The molecule has 0 saturated heterocycles. The Balaban J connectivity index is 2.00. The number of hydrogen-bond donors (Lipinski definition) is 0. The summed E-state index contributed by atoms with van der Waals surface area (Å²) >= 11 is 0. The molecule has 0 atom stereocenters. The molecule has 0 bridgehead atoms. The van der Waals surface area contributed by atoms with Gasteiger partial charge in [-0.05, 0) is 11.8 Å². The monoisotopic (exact) mass is 196 g/mol. The van der Waals surface area contributed by atoms with E-state index in [2.05, 4.69) is 30.3 Å². The molecule has 1 aromatic rings. The minimum Gasteiger partial charge on any atom is -0.381 e.